The highest BCUT2D eigenvalue weighted by atomic mass is 32.2. The van der Waals surface area contributed by atoms with E-state index < -0.39 is 0 Å². The smallest absolute Gasteiger partial charge is 0.277 e. The molecule has 150 valence electrons. The van der Waals surface area contributed by atoms with Crippen LogP contribution in [0.3, 0.4) is 0 Å². The first-order valence-electron chi connectivity index (χ1n) is 9.68. The van der Waals surface area contributed by atoms with Gasteiger partial charge in [-0.25, -0.2) is 0 Å². The van der Waals surface area contributed by atoms with E-state index in [1.165, 1.54) is 17.3 Å². The van der Waals surface area contributed by atoms with Crippen molar-refractivity contribution in [1.82, 2.24) is 15.5 Å². The summed E-state index contributed by atoms with van der Waals surface area (Å²) in [6.07, 6.45) is 0.722. The maximum atomic E-state index is 12.6. The molecular formula is C24H21N3O2S. The molecule has 1 heterocycles. The van der Waals surface area contributed by atoms with E-state index in [-0.39, 0.29) is 17.7 Å². The molecule has 0 bridgehead atoms. The number of thioether (sulfide) groups is 1. The van der Waals surface area contributed by atoms with Crippen molar-refractivity contribution in [3.05, 3.63) is 102 Å². The average molecular weight is 416 g/mol. The first kappa shape index (κ1) is 19.9. The summed E-state index contributed by atoms with van der Waals surface area (Å²) in [7, 11) is 0. The number of nitrogens with one attached hydrogen (secondary N) is 1. The van der Waals surface area contributed by atoms with Crippen molar-refractivity contribution < 1.29 is 9.21 Å². The van der Waals surface area contributed by atoms with Gasteiger partial charge < -0.3 is 9.73 Å². The summed E-state index contributed by atoms with van der Waals surface area (Å²) in [5, 5.41) is 11.6. The lowest BCUT2D eigenvalue weighted by Gasteiger charge is -2.19. The lowest BCUT2D eigenvalue weighted by atomic mass is 9.99. The number of rotatable bonds is 8. The quantitative estimate of drug-likeness (QED) is 0.413. The molecule has 1 atom stereocenters. The van der Waals surface area contributed by atoms with Crippen molar-refractivity contribution in [2.24, 2.45) is 0 Å². The lowest BCUT2D eigenvalue weighted by Crippen LogP contribution is -2.31. The normalized spacial score (nSPS) is 11.7. The molecule has 30 heavy (non-hydrogen) atoms. The van der Waals surface area contributed by atoms with Gasteiger partial charge in [0.2, 0.25) is 11.8 Å². The summed E-state index contributed by atoms with van der Waals surface area (Å²) in [5.41, 5.74) is 3.10. The van der Waals surface area contributed by atoms with Gasteiger partial charge >= 0.3 is 0 Å². The van der Waals surface area contributed by atoms with E-state index in [9.17, 15) is 4.79 Å². The van der Waals surface area contributed by atoms with E-state index >= 15 is 0 Å². The number of carbonyl (C=O) groups excluding carboxylic acids is 1. The van der Waals surface area contributed by atoms with Gasteiger partial charge in [0.25, 0.3) is 5.22 Å². The van der Waals surface area contributed by atoms with E-state index in [1.54, 1.807) is 0 Å². The van der Waals surface area contributed by atoms with Gasteiger partial charge in [0, 0.05) is 5.56 Å². The lowest BCUT2D eigenvalue weighted by molar-refractivity contribution is -0.119. The largest absolute Gasteiger partial charge is 0.411 e. The minimum atomic E-state index is -0.107. The van der Waals surface area contributed by atoms with Gasteiger partial charge in [-0.3, -0.25) is 4.79 Å². The average Bonchev–Trinajstić information content (AvgIpc) is 3.28. The van der Waals surface area contributed by atoms with Crippen LogP contribution in [-0.4, -0.2) is 21.9 Å². The molecule has 5 nitrogen and oxygen atoms in total. The molecule has 0 spiro atoms. The van der Waals surface area contributed by atoms with Crippen molar-refractivity contribution >= 4 is 17.7 Å². The Hall–Kier alpha value is -3.38. The number of aromatic nitrogens is 2. The molecule has 0 fully saturated rings. The zero-order valence-corrected chi connectivity index (χ0v) is 17.1. The highest BCUT2D eigenvalue weighted by Gasteiger charge is 2.17. The highest BCUT2D eigenvalue weighted by molar-refractivity contribution is 7.99. The molecule has 3 aromatic carbocycles. The van der Waals surface area contributed by atoms with Crippen molar-refractivity contribution in [2.75, 3.05) is 5.75 Å². The van der Waals surface area contributed by atoms with E-state index in [4.69, 9.17) is 4.42 Å². The highest BCUT2D eigenvalue weighted by Crippen LogP contribution is 2.23. The van der Waals surface area contributed by atoms with Crippen LogP contribution in [0.25, 0.3) is 11.5 Å². The second-order valence-corrected chi connectivity index (χ2v) is 7.67. The molecule has 0 aliphatic rings. The molecule has 0 unspecified atom stereocenters. The Morgan fingerprint density at radius 1 is 0.867 bits per heavy atom. The van der Waals surface area contributed by atoms with Crippen LogP contribution in [0.15, 0.2) is 101 Å². The summed E-state index contributed by atoms with van der Waals surface area (Å²) in [4.78, 5) is 12.6. The molecule has 6 heteroatoms. The first-order chi connectivity index (χ1) is 14.8. The van der Waals surface area contributed by atoms with Crippen LogP contribution in [-0.2, 0) is 11.2 Å². The third-order valence-electron chi connectivity index (χ3n) is 4.57. The summed E-state index contributed by atoms with van der Waals surface area (Å²) in [6, 6.07) is 29.6. The summed E-state index contributed by atoms with van der Waals surface area (Å²) in [6.45, 7) is 0. The van der Waals surface area contributed by atoms with E-state index in [2.05, 4.69) is 27.6 Å². The van der Waals surface area contributed by atoms with Gasteiger partial charge in [0.15, 0.2) is 0 Å². The summed E-state index contributed by atoms with van der Waals surface area (Å²) >= 11 is 1.24. The molecular weight excluding hydrogens is 394 g/mol. The Balaban J connectivity index is 1.39. The van der Waals surface area contributed by atoms with E-state index in [1.807, 2.05) is 78.9 Å². The van der Waals surface area contributed by atoms with Crippen LogP contribution in [0, 0.1) is 0 Å². The van der Waals surface area contributed by atoms with E-state index in [0.29, 0.717) is 11.1 Å². The molecule has 0 aliphatic heterocycles. The second-order valence-electron chi connectivity index (χ2n) is 6.75. The number of benzene rings is 3. The number of hydrogen-bond acceptors (Lipinski definition) is 5. The van der Waals surface area contributed by atoms with Crippen LogP contribution >= 0.6 is 11.8 Å². The second kappa shape index (κ2) is 9.89. The molecule has 1 aromatic heterocycles. The Bertz CT molecular complexity index is 1070. The van der Waals surface area contributed by atoms with Crippen LogP contribution in [0.4, 0.5) is 0 Å². The zero-order chi connectivity index (χ0) is 20.6. The molecule has 1 amide bonds. The third-order valence-corrected chi connectivity index (χ3v) is 5.39. The van der Waals surface area contributed by atoms with Crippen LogP contribution in [0.2, 0.25) is 0 Å². The molecule has 0 radical (unpaired) electrons. The number of hydrogen-bond donors (Lipinski definition) is 1. The fourth-order valence-corrected chi connectivity index (χ4v) is 3.69. The summed E-state index contributed by atoms with van der Waals surface area (Å²) < 4.78 is 5.67. The Morgan fingerprint density at radius 2 is 1.50 bits per heavy atom. The maximum absolute atomic E-state index is 12.6. The number of amides is 1. The first-order valence-corrected chi connectivity index (χ1v) is 10.7. The number of carbonyl (C=O) groups is 1. The summed E-state index contributed by atoms with van der Waals surface area (Å²) in [5.74, 6) is 0.572. The minimum absolute atomic E-state index is 0.0794. The Kier molecular flexibility index (Phi) is 6.57. The third kappa shape index (κ3) is 5.36. The van der Waals surface area contributed by atoms with Gasteiger partial charge in [-0.1, -0.05) is 90.6 Å². The Morgan fingerprint density at radius 3 is 2.20 bits per heavy atom. The fraction of sp³-hybridized carbons (Fsp3) is 0.125. The van der Waals surface area contributed by atoms with Gasteiger partial charge in [0.05, 0.1) is 11.8 Å². The number of nitrogens with zero attached hydrogens (tertiary/aromatic N) is 2. The van der Waals surface area contributed by atoms with Gasteiger partial charge in [-0.05, 0) is 29.7 Å². The van der Waals surface area contributed by atoms with Crippen molar-refractivity contribution in [3.63, 3.8) is 0 Å². The van der Waals surface area contributed by atoms with E-state index in [0.717, 1.165) is 17.5 Å². The minimum Gasteiger partial charge on any atom is -0.411 e. The monoisotopic (exact) mass is 415 g/mol. The standard InChI is InChI=1S/C24H21N3O2S/c28-22(17-30-24-27-26-23(29-24)20-14-8-3-9-15-20)25-21(19-12-6-2-7-13-19)16-18-10-4-1-5-11-18/h1-15,21H,16-17H2,(H,25,28)/t21-/m0/s1. The van der Waals surface area contributed by atoms with Crippen molar-refractivity contribution in [1.29, 1.82) is 0 Å². The van der Waals surface area contributed by atoms with Gasteiger partial charge in [0.1, 0.15) is 0 Å². The van der Waals surface area contributed by atoms with Crippen LogP contribution in [0.5, 0.6) is 0 Å². The molecule has 0 saturated heterocycles. The van der Waals surface area contributed by atoms with Gasteiger partial charge in [-0.2, -0.15) is 0 Å². The van der Waals surface area contributed by atoms with Gasteiger partial charge in [-0.15, -0.1) is 10.2 Å². The predicted molar refractivity (Wildman–Crippen MR) is 118 cm³/mol. The van der Waals surface area contributed by atoms with Crippen molar-refractivity contribution in [3.8, 4) is 11.5 Å². The Labute approximate surface area is 179 Å². The SMILES string of the molecule is O=C(CSc1nnc(-c2ccccc2)o1)N[C@@H](Cc1ccccc1)c1ccccc1. The topological polar surface area (TPSA) is 68.0 Å². The fourth-order valence-electron chi connectivity index (χ4n) is 3.12. The van der Waals surface area contributed by atoms with Crippen LogP contribution < -0.4 is 5.32 Å². The van der Waals surface area contributed by atoms with Crippen molar-refractivity contribution in [2.45, 2.75) is 17.7 Å². The zero-order valence-electron chi connectivity index (χ0n) is 16.3. The molecule has 0 saturated carbocycles. The predicted octanol–water partition coefficient (Wildman–Crippen LogP) is 4.93. The molecule has 1 N–H and O–H groups in total. The maximum Gasteiger partial charge on any atom is 0.277 e. The molecule has 4 rings (SSSR count). The molecule has 0 aliphatic carbocycles. The van der Waals surface area contributed by atoms with Crippen LogP contribution in [0.1, 0.15) is 17.2 Å². The molecule has 4 aromatic rings.